The Morgan fingerprint density at radius 2 is 2.08 bits per heavy atom. The van der Waals surface area contributed by atoms with Crippen molar-refractivity contribution in [2.75, 3.05) is 11.9 Å². The van der Waals surface area contributed by atoms with Crippen molar-refractivity contribution in [2.24, 2.45) is 4.99 Å². The van der Waals surface area contributed by atoms with Crippen LogP contribution in [0.4, 0.5) is 10.2 Å². The summed E-state index contributed by atoms with van der Waals surface area (Å²) in [6.45, 7) is 5.32. The molecule has 192 valence electrons. The highest BCUT2D eigenvalue weighted by Gasteiger charge is 2.33. The largest absolute Gasteiger partial charge is 0.392 e. The van der Waals surface area contributed by atoms with Crippen molar-refractivity contribution >= 4 is 29.0 Å². The average Bonchev–Trinajstić information content (AvgIpc) is 3.49. The first-order valence-corrected chi connectivity index (χ1v) is 12.8. The first-order chi connectivity index (χ1) is 17.9. The number of aromatic nitrogens is 2. The molecule has 2 aromatic heterocycles. The highest BCUT2D eigenvalue weighted by Crippen LogP contribution is 2.34. The number of benzene rings is 1. The van der Waals surface area contributed by atoms with Crippen LogP contribution in [0.25, 0.3) is 11.1 Å². The Bertz CT molecular complexity index is 1410. The molecular formula is C28H29ClFN5O2. The van der Waals surface area contributed by atoms with Crippen LogP contribution in [-0.2, 0) is 19.7 Å². The van der Waals surface area contributed by atoms with Crippen LogP contribution in [0.15, 0.2) is 59.5 Å². The van der Waals surface area contributed by atoms with E-state index in [0.717, 1.165) is 35.4 Å². The quantitative estimate of drug-likeness (QED) is 0.414. The number of aliphatic imine (C=N–C) groups is 1. The first kappa shape index (κ1) is 25.2. The number of aliphatic hydroxyl groups excluding tert-OH is 1. The van der Waals surface area contributed by atoms with Gasteiger partial charge in [-0.3, -0.25) is 9.79 Å². The van der Waals surface area contributed by atoms with Gasteiger partial charge in [0.1, 0.15) is 17.3 Å². The molecule has 1 atom stereocenters. The summed E-state index contributed by atoms with van der Waals surface area (Å²) in [7, 11) is 0. The highest BCUT2D eigenvalue weighted by molar-refractivity contribution is 6.33. The molecule has 5 rings (SSSR count). The normalized spacial score (nSPS) is 17.1. The maximum absolute atomic E-state index is 14.0. The zero-order valence-corrected chi connectivity index (χ0v) is 21.6. The van der Waals surface area contributed by atoms with Gasteiger partial charge in [0, 0.05) is 36.6 Å². The fourth-order valence-corrected chi connectivity index (χ4v) is 5.21. The van der Waals surface area contributed by atoms with Crippen LogP contribution >= 0.6 is 11.6 Å². The average molecular weight is 522 g/mol. The monoisotopic (exact) mass is 521 g/mol. The molecule has 0 spiro atoms. The molecule has 2 aliphatic rings. The lowest BCUT2D eigenvalue weighted by molar-refractivity contribution is 0.0557. The fourth-order valence-electron chi connectivity index (χ4n) is 5.00. The number of carbonyl (C=O) groups is 1. The van der Waals surface area contributed by atoms with E-state index in [4.69, 9.17) is 11.6 Å². The molecule has 2 N–H and O–H groups in total. The minimum atomic E-state index is -0.388. The van der Waals surface area contributed by atoms with Crippen LogP contribution in [0.2, 0.25) is 5.02 Å². The Labute approximate surface area is 220 Å². The van der Waals surface area contributed by atoms with Gasteiger partial charge in [0.25, 0.3) is 5.91 Å². The minimum Gasteiger partial charge on any atom is -0.392 e. The Morgan fingerprint density at radius 1 is 1.24 bits per heavy atom. The molecular weight excluding hydrogens is 493 g/mol. The van der Waals surface area contributed by atoms with Crippen LogP contribution in [0, 0.1) is 5.82 Å². The fraction of sp³-hybridized carbons (Fsp3) is 0.321. The van der Waals surface area contributed by atoms with Crippen LogP contribution in [-0.4, -0.2) is 43.8 Å². The van der Waals surface area contributed by atoms with E-state index in [1.165, 1.54) is 12.1 Å². The Morgan fingerprint density at radius 3 is 2.81 bits per heavy atom. The third-order valence-electron chi connectivity index (χ3n) is 6.97. The number of halogens is 2. The summed E-state index contributed by atoms with van der Waals surface area (Å²) in [6, 6.07) is 7.97. The molecule has 0 radical (unpaired) electrons. The van der Waals surface area contributed by atoms with Crippen molar-refractivity contribution in [3.8, 4) is 11.1 Å². The number of rotatable bonds is 8. The molecule has 1 amide bonds. The van der Waals surface area contributed by atoms with E-state index >= 15 is 0 Å². The maximum Gasteiger partial charge on any atom is 0.271 e. The van der Waals surface area contributed by atoms with E-state index in [1.54, 1.807) is 17.2 Å². The van der Waals surface area contributed by atoms with E-state index in [-0.39, 0.29) is 30.9 Å². The van der Waals surface area contributed by atoms with Gasteiger partial charge in [-0.15, -0.1) is 0 Å². The van der Waals surface area contributed by atoms with E-state index in [0.29, 0.717) is 40.8 Å². The van der Waals surface area contributed by atoms with Gasteiger partial charge in [-0.25, -0.2) is 9.37 Å². The molecule has 0 saturated heterocycles. The summed E-state index contributed by atoms with van der Waals surface area (Å²) >= 11 is 6.55. The van der Waals surface area contributed by atoms with Gasteiger partial charge in [0.15, 0.2) is 0 Å². The van der Waals surface area contributed by atoms with Crippen molar-refractivity contribution in [3.63, 3.8) is 0 Å². The molecule has 4 heterocycles. The van der Waals surface area contributed by atoms with Gasteiger partial charge in [-0.1, -0.05) is 31.0 Å². The van der Waals surface area contributed by atoms with Gasteiger partial charge in [-0.2, -0.15) is 0 Å². The van der Waals surface area contributed by atoms with Gasteiger partial charge in [0.05, 0.1) is 35.6 Å². The number of amides is 1. The number of hydrogen-bond donors (Lipinski definition) is 2. The van der Waals surface area contributed by atoms with Crippen LogP contribution in [0.5, 0.6) is 0 Å². The second kappa shape index (κ2) is 10.5. The molecule has 7 nitrogen and oxygen atoms in total. The lowest BCUT2D eigenvalue weighted by Gasteiger charge is -2.37. The molecule has 3 aromatic rings. The first-order valence-electron chi connectivity index (χ1n) is 12.4. The van der Waals surface area contributed by atoms with Gasteiger partial charge >= 0.3 is 0 Å². The van der Waals surface area contributed by atoms with Crippen molar-refractivity contribution in [3.05, 3.63) is 82.2 Å². The number of fused-ring (bicyclic) bond motifs is 1. The molecule has 0 unspecified atom stereocenters. The summed E-state index contributed by atoms with van der Waals surface area (Å²) in [5.41, 5.74) is 5.22. The number of aliphatic hydroxyl groups is 1. The number of pyridine rings is 1. The zero-order chi connectivity index (χ0) is 26.1. The predicted molar refractivity (Wildman–Crippen MR) is 143 cm³/mol. The number of carbonyl (C=O) groups excluding carboxylic acids is 1. The molecule has 2 aliphatic heterocycles. The lowest BCUT2D eigenvalue weighted by atomic mass is 10.0. The molecule has 0 saturated carbocycles. The summed E-state index contributed by atoms with van der Waals surface area (Å²) in [6.07, 6.45) is 7.28. The summed E-state index contributed by atoms with van der Waals surface area (Å²) in [5, 5.41) is 13.5. The molecule has 0 aliphatic carbocycles. The predicted octanol–water partition coefficient (Wildman–Crippen LogP) is 5.43. The second-order valence-corrected chi connectivity index (χ2v) is 9.84. The van der Waals surface area contributed by atoms with Crippen molar-refractivity contribution < 1.29 is 14.3 Å². The molecule has 0 bridgehead atoms. The van der Waals surface area contributed by atoms with E-state index in [1.807, 2.05) is 35.9 Å². The van der Waals surface area contributed by atoms with Crippen molar-refractivity contribution in [2.45, 2.75) is 52.4 Å². The lowest BCUT2D eigenvalue weighted by Crippen LogP contribution is -2.47. The van der Waals surface area contributed by atoms with Crippen LogP contribution in [0.1, 0.15) is 48.3 Å². The number of anilines is 1. The van der Waals surface area contributed by atoms with Crippen molar-refractivity contribution in [1.82, 2.24) is 14.5 Å². The summed E-state index contributed by atoms with van der Waals surface area (Å²) in [5.74, 6) is 0.127. The Hall–Kier alpha value is -3.49. The van der Waals surface area contributed by atoms with Gasteiger partial charge < -0.3 is 19.9 Å². The third-order valence-corrected chi connectivity index (χ3v) is 7.27. The minimum absolute atomic E-state index is 0.0539. The molecule has 1 aromatic carbocycles. The van der Waals surface area contributed by atoms with Crippen LogP contribution in [0.3, 0.4) is 0 Å². The van der Waals surface area contributed by atoms with Crippen LogP contribution < -0.4 is 5.32 Å². The second-order valence-electron chi connectivity index (χ2n) is 9.43. The standard InChI is InChI=1S/C28H29ClFN5O2/c1-3-4-22-15-34-13-20(23-11-27(32-12-24(23)29)33-25-7-8-31-17(25)2)10-26(34)28(37)35(22)14-19-9-21(30)6-5-18(19)16-36/h5-7,9-13,22,36H,3-4,8,14-16H2,1-2H3,(H,32,33)/t22-/m0/s1. The van der Waals surface area contributed by atoms with Gasteiger partial charge in [-0.05, 0) is 54.8 Å². The SMILES string of the molecule is CCC[C@H]1Cn2cc(-c3cc(NC4=CCN=C4C)ncc3Cl)cc2C(=O)N1Cc1cc(F)ccc1CO. The third kappa shape index (κ3) is 5.04. The Balaban J connectivity index is 1.47. The number of nitrogens with one attached hydrogen (secondary N) is 1. The van der Waals surface area contributed by atoms with Crippen molar-refractivity contribution in [1.29, 1.82) is 0 Å². The highest BCUT2D eigenvalue weighted by atomic mass is 35.5. The number of allylic oxidation sites excluding steroid dienone is 1. The topological polar surface area (TPSA) is 82.8 Å². The van der Waals surface area contributed by atoms with E-state index < -0.39 is 0 Å². The zero-order valence-electron chi connectivity index (χ0n) is 20.8. The summed E-state index contributed by atoms with van der Waals surface area (Å²) < 4.78 is 16.0. The summed E-state index contributed by atoms with van der Waals surface area (Å²) in [4.78, 5) is 24.3. The molecule has 37 heavy (non-hydrogen) atoms. The number of hydrogen-bond acceptors (Lipinski definition) is 5. The number of nitrogens with zero attached hydrogens (tertiary/aromatic N) is 4. The maximum atomic E-state index is 14.0. The van der Waals surface area contributed by atoms with Gasteiger partial charge in [0.2, 0.25) is 0 Å². The Kier molecular flexibility index (Phi) is 7.13. The van der Waals surface area contributed by atoms with E-state index in [9.17, 15) is 14.3 Å². The molecule has 9 heteroatoms. The smallest absolute Gasteiger partial charge is 0.271 e. The molecule has 0 fully saturated rings. The van der Waals surface area contributed by atoms with E-state index in [2.05, 4.69) is 22.2 Å².